The number of thiophene rings is 1. The molecule has 6 heteroatoms. The average molecular weight is 410 g/mol. The first kappa shape index (κ1) is 19.9. The van der Waals surface area contributed by atoms with Crippen molar-refractivity contribution in [3.05, 3.63) is 69.0 Å². The Bertz CT molecular complexity index is 999. The molecule has 1 amide bonds. The molecule has 1 fully saturated rings. The highest BCUT2D eigenvalue weighted by molar-refractivity contribution is 7.19. The summed E-state index contributed by atoms with van der Waals surface area (Å²) in [7, 11) is 0. The maximum atomic E-state index is 12.5. The molecule has 2 N–H and O–H groups in total. The van der Waals surface area contributed by atoms with Gasteiger partial charge in [-0.05, 0) is 55.6 Å². The van der Waals surface area contributed by atoms with Crippen LogP contribution in [0.25, 0.3) is 10.1 Å². The fraction of sp³-hybridized carbons (Fsp3) is 0.391. The topological polar surface area (TPSA) is 65.2 Å². The molecule has 0 bridgehead atoms. The molecule has 0 aliphatic carbocycles. The van der Waals surface area contributed by atoms with Crippen molar-refractivity contribution in [1.82, 2.24) is 15.2 Å². The van der Waals surface area contributed by atoms with Gasteiger partial charge in [-0.15, -0.1) is 11.3 Å². The van der Waals surface area contributed by atoms with Gasteiger partial charge >= 0.3 is 0 Å². The van der Waals surface area contributed by atoms with E-state index < -0.39 is 0 Å². The van der Waals surface area contributed by atoms with E-state index in [1.54, 1.807) is 17.4 Å². The predicted octanol–water partition coefficient (Wildman–Crippen LogP) is 4.29. The van der Waals surface area contributed by atoms with Crippen molar-refractivity contribution in [2.75, 3.05) is 13.1 Å². The quantitative estimate of drug-likeness (QED) is 0.661. The number of nitrogens with one attached hydrogen (secondary N) is 2. The van der Waals surface area contributed by atoms with Crippen LogP contribution in [-0.4, -0.2) is 28.9 Å². The summed E-state index contributed by atoms with van der Waals surface area (Å²) in [5, 5.41) is 4.05. The summed E-state index contributed by atoms with van der Waals surface area (Å²) in [6, 6.07) is 13.7. The van der Waals surface area contributed by atoms with E-state index in [0.717, 1.165) is 30.2 Å². The summed E-state index contributed by atoms with van der Waals surface area (Å²) in [5.74, 6) is -0.332. The van der Waals surface area contributed by atoms with E-state index in [4.69, 9.17) is 0 Å². The SMILES string of the molecule is O=C(NCc1cc2ccccc2s1)c1ccc(CN2CCCCCCC2)[nH]c1=O. The Balaban J connectivity index is 1.37. The van der Waals surface area contributed by atoms with Crippen molar-refractivity contribution in [3.63, 3.8) is 0 Å². The van der Waals surface area contributed by atoms with E-state index in [2.05, 4.69) is 33.4 Å². The fourth-order valence-electron chi connectivity index (χ4n) is 3.88. The van der Waals surface area contributed by atoms with Crippen LogP contribution < -0.4 is 10.9 Å². The van der Waals surface area contributed by atoms with Crippen molar-refractivity contribution >= 4 is 27.3 Å². The maximum absolute atomic E-state index is 12.5. The lowest BCUT2D eigenvalue weighted by Gasteiger charge is -2.24. The molecule has 152 valence electrons. The molecule has 3 aromatic rings. The number of benzene rings is 1. The molecule has 0 spiro atoms. The Morgan fingerprint density at radius 3 is 2.55 bits per heavy atom. The summed E-state index contributed by atoms with van der Waals surface area (Å²) in [4.78, 5) is 31.3. The minimum atomic E-state index is -0.332. The molecule has 4 rings (SSSR count). The van der Waals surface area contributed by atoms with E-state index in [0.29, 0.717) is 6.54 Å². The summed E-state index contributed by atoms with van der Waals surface area (Å²) >= 11 is 1.66. The van der Waals surface area contributed by atoms with Gasteiger partial charge in [0, 0.05) is 21.8 Å². The second-order valence-corrected chi connectivity index (χ2v) is 8.87. The second-order valence-electron chi connectivity index (χ2n) is 7.70. The molecule has 0 unspecified atom stereocenters. The monoisotopic (exact) mass is 409 g/mol. The molecule has 1 saturated heterocycles. The van der Waals surface area contributed by atoms with Gasteiger partial charge in [-0.1, -0.05) is 37.5 Å². The van der Waals surface area contributed by atoms with Gasteiger partial charge in [0.05, 0.1) is 6.54 Å². The second kappa shape index (κ2) is 9.37. The molecular formula is C23H27N3O2S. The van der Waals surface area contributed by atoms with Crippen LogP contribution in [0.3, 0.4) is 0 Å². The third kappa shape index (κ3) is 5.14. The van der Waals surface area contributed by atoms with Gasteiger partial charge in [0.1, 0.15) is 5.56 Å². The van der Waals surface area contributed by atoms with E-state index in [-0.39, 0.29) is 17.0 Å². The third-order valence-corrected chi connectivity index (χ3v) is 6.57. The number of aromatic amines is 1. The van der Waals surface area contributed by atoms with Gasteiger partial charge in [-0.2, -0.15) is 0 Å². The molecule has 0 radical (unpaired) electrons. The zero-order chi connectivity index (χ0) is 20.1. The van der Waals surface area contributed by atoms with Gasteiger partial charge in [0.2, 0.25) is 0 Å². The van der Waals surface area contributed by atoms with Crippen LogP contribution in [0.2, 0.25) is 0 Å². The minimum absolute atomic E-state index is 0.169. The summed E-state index contributed by atoms with van der Waals surface area (Å²) in [5.41, 5.74) is 0.725. The number of fused-ring (bicyclic) bond motifs is 1. The van der Waals surface area contributed by atoms with Gasteiger partial charge in [0.25, 0.3) is 11.5 Å². The maximum Gasteiger partial charge on any atom is 0.261 e. The van der Waals surface area contributed by atoms with Gasteiger partial charge in [-0.3, -0.25) is 14.5 Å². The molecule has 3 heterocycles. The Morgan fingerprint density at radius 1 is 1.03 bits per heavy atom. The molecule has 0 atom stereocenters. The van der Waals surface area contributed by atoms with Crippen molar-refractivity contribution in [2.45, 2.75) is 45.2 Å². The first-order chi connectivity index (χ1) is 14.2. The first-order valence-electron chi connectivity index (χ1n) is 10.4. The number of nitrogens with zero attached hydrogens (tertiary/aromatic N) is 1. The van der Waals surface area contributed by atoms with Gasteiger partial charge in [-0.25, -0.2) is 0 Å². The fourth-order valence-corrected chi connectivity index (χ4v) is 4.89. The van der Waals surface area contributed by atoms with Crippen LogP contribution in [-0.2, 0) is 13.1 Å². The highest BCUT2D eigenvalue weighted by Gasteiger charge is 2.14. The van der Waals surface area contributed by atoms with Crippen molar-refractivity contribution < 1.29 is 4.79 Å². The zero-order valence-corrected chi connectivity index (χ0v) is 17.4. The summed E-state index contributed by atoms with van der Waals surface area (Å²) in [6.07, 6.45) is 6.32. The standard InChI is InChI=1S/C23H27N3O2S/c27-22(24-15-19-14-17-8-4-5-9-21(17)29-19)20-11-10-18(25-23(20)28)16-26-12-6-2-1-3-7-13-26/h4-5,8-11,14H,1-3,6-7,12-13,15-16H2,(H,24,27)(H,25,28). The molecular weight excluding hydrogens is 382 g/mol. The summed E-state index contributed by atoms with van der Waals surface area (Å²) in [6.45, 7) is 3.30. The Morgan fingerprint density at radius 2 is 1.79 bits per heavy atom. The number of hydrogen-bond acceptors (Lipinski definition) is 4. The predicted molar refractivity (Wildman–Crippen MR) is 118 cm³/mol. The van der Waals surface area contributed by atoms with Crippen LogP contribution in [0.1, 0.15) is 53.0 Å². The molecule has 2 aromatic heterocycles. The average Bonchev–Trinajstić information content (AvgIpc) is 3.11. The largest absolute Gasteiger partial charge is 0.347 e. The Hall–Kier alpha value is -2.44. The molecule has 0 saturated carbocycles. The van der Waals surface area contributed by atoms with Crippen LogP contribution >= 0.6 is 11.3 Å². The molecule has 5 nitrogen and oxygen atoms in total. The Labute approximate surface area is 174 Å². The van der Waals surface area contributed by atoms with Crippen molar-refractivity contribution in [1.29, 1.82) is 0 Å². The normalized spacial score (nSPS) is 15.7. The number of H-pyrrole nitrogens is 1. The smallest absolute Gasteiger partial charge is 0.261 e. The van der Waals surface area contributed by atoms with E-state index >= 15 is 0 Å². The number of aromatic nitrogens is 1. The number of carbonyl (C=O) groups is 1. The number of pyridine rings is 1. The lowest BCUT2D eigenvalue weighted by molar-refractivity contribution is 0.0949. The summed E-state index contributed by atoms with van der Waals surface area (Å²) < 4.78 is 1.20. The molecule has 1 aliphatic heterocycles. The van der Waals surface area contributed by atoms with Gasteiger partial charge < -0.3 is 10.3 Å². The third-order valence-electron chi connectivity index (χ3n) is 5.46. The van der Waals surface area contributed by atoms with Crippen molar-refractivity contribution in [2.24, 2.45) is 0 Å². The van der Waals surface area contributed by atoms with Crippen LogP contribution in [0.15, 0.2) is 47.3 Å². The molecule has 1 aromatic carbocycles. The number of amides is 1. The number of hydrogen-bond donors (Lipinski definition) is 2. The van der Waals surface area contributed by atoms with Crippen LogP contribution in [0, 0.1) is 0 Å². The zero-order valence-electron chi connectivity index (χ0n) is 16.6. The minimum Gasteiger partial charge on any atom is -0.347 e. The molecule has 29 heavy (non-hydrogen) atoms. The lowest BCUT2D eigenvalue weighted by Crippen LogP contribution is -2.31. The number of carbonyl (C=O) groups excluding carboxylic acids is 1. The number of likely N-dealkylation sites (tertiary alicyclic amines) is 1. The molecule has 1 aliphatic rings. The van der Waals surface area contributed by atoms with Gasteiger partial charge in [0.15, 0.2) is 0 Å². The van der Waals surface area contributed by atoms with Crippen LogP contribution in [0.5, 0.6) is 0 Å². The number of rotatable bonds is 5. The lowest BCUT2D eigenvalue weighted by atomic mass is 10.1. The Kier molecular flexibility index (Phi) is 6.42. The first-order valence-corrected chi connectivity index (χ1v) is 11.2. The van der Waals surface area contributed by atoms with Crippen molar-refractivity contribution in [3.8, 4) is 0 Å². The highest BCUT2D eigenvalue weighted by Crippen LogP contribution is 2.25. The van der Waals surface area contributed by atoms with E-state index in [1.807, 2.05) is 18.2 Å². The highest BCUT2D eigenvalue weighted by atomic mass is 32.1. The van der Waals surface area contributed by atoms with E-state index in [9.17, 15) is 9.59 Å². The van der Waals surface area contributed by atoms with E-state index in [1.165, 1.54) is 42.2 Å². The van der Waals surface area contributed by atoms with Crippen LogP contribution in [0.4, 0.5) is 0 Å².